The van der Waals surface area contributed by atoms with E-state index < -0.39 is 0 Å². The second kappa shape index (κ2) is 2.81. The lowest BCUT2D eigenvalue weighted by Crippen LogP contribution is -2.11. The second-order valence-corrected chi connectivity index (χ2v) is 3.49. The van der Waals surface area contributed by atoms with E-state index in [0.717, 1.165) is 11.3 Å². The van der Waals surface area contributed by atoms with Gasteiger partial charge in [-0.2, -0.15) is 0 Å². The smallest absolute Gasteiger partial charge is 0.309 e. The van der Waals surface area contributed by atoms with Crippen molar-refractivity contribution in [2.75, 3.05) is 5.73 Å². The number of nitrogen functional groups attached to an aromatic ring is 1. The molecule has 0 radical (unpaired) electrons. The van der Waals surface area contributed by atoms with Crippen molar-refractivity contribution in [1.82, 2.24) is 14.5 Å². The van der Waals surface area contributed by atoms with Crippen LogP contribution < -0.4 is 10.6 Å². The third kappa shape index (κ3) is 1.10. The molecule has 0 aliphatic rings. The highest BCUT2D eigenvalue weighted by Gasteiger charge is 2.09. The molecule has 0 aliphatic heterocycles. The summed E-state index contributed by atoms with van der Waals surface area (Å²) < 4.78 is 2.26. The Morgan fingerprint density at radius 3 is 3.08 bits per heavy atom. The summed E-state index contributed by atoms with van der Waals surface area (Å²) in [5.41, 5.74) is 6.23. The molecule has 0 fully saturated rings. The molecule has 0 aromatic carbocycles. The molecule has 13 heavy (non-hydrogen) atoms. The summed E-state index contributed by atoms with van der Waals surface area (Å²) in [7, 11) is 0. The SMILES string of the molecule is CCn1c(=O)sc2c(N)ncnc21. The molecule has 2 N–H and O–H groups in total. The number of anilines is 1. The predicted molar refractivity (Wildman–Crippen MR) is 51.8 cm³/mol. The van der Waals surface area contributed by atoms with Crippen LogP contribution >= 0.6 is 11.3 Å². The molecular formula is C7H8N4OS. The van der Waals surface area contributed by atoms with Crippen LogP contribution in [0.1, 0.15) is 6.92 Å². The number of thiazole rings is 1. The molecule has 2 rings (SSSR count). The topological polar surface area (TPSA) is 73.8 Å². The summed E-state index contributed by atoms with van der Waals surface area (Å²) in [4.78, 5) is 19.2. The lowest BCUT2D eigenvalue weighted by molar-refractivity contribution is 0.767. The van der Waals surface area contributed by atoms with Crippen molar-refractivity contribution in [3.05, 3.63) is 16.0 Å². The van der Waals surface area contributed by atoms with Crippen molar-refractivity contribution in [1.29, 1.82) is 0 Å². The van der Waals surface area contributed by atoms with Gasteiger partial charge in [-0.1, -0.05) is 11.3 Å². The Hall–Kier alpha value is -1.43. The van der Waals surface area contributed by atoms with Gasteiger partial charge in [-0.05, 0) is 6.92 Å². The van der Waals surface area contributed by atoms with Gasteiger partial charge < -0.3 is 5.73 Å². The van der Waals surface area contributed by atoms with Gasteiger partial charge >= 0.3 is 4.87 Å². The van der Waals surface area contributed by atoms with E-state index in [1.807, 2.05) is 6.92 Å². The van der Waals surface area contributed by atoms with Crippen molar-refractivity contribution >= 4 is 27.5 Å². The fourth-order valence-corrected chi connectivity index (χ4v) is 2.09. The number of hydrogen-bond donors (Lipinski definition) is 1. The van der Waals surface area contributed by atoms with Crippen LogP contribution in [0.25, 0.3) is 10.3 Å². The van der Waals surface area contributed by atoms with E-state index in [2.05, 4.69) is 9.97 Å². The van der Waals surface area contributed by atoms with Crippen LogP contribution in [-0.2, 0) is 6.54 Å². The summed E-state index contributed by atoms with van der Waals surface area (Å²) in [6, 6.07) is 0. The van der Waals surface area contributed by atoms with Crippen LogP contribution in [0.2, 0.25) is 0 Å². The van der Waals surface area contributed by atoms with Gasteiger partial charge in [-0.3, -0.25) is 9.36 Å². The highest BCUT2D eigenvalue weighted by molar-refractivity contribution is 7.17. The Morgan fingerprint density at radius 1 is 1.62 bits per heavy atom. The molecule has 0 spiro atoms. The van der Waals surface area contributed by atoms with Gasteiger partial charge in [-0.25, -0.2) is 9.97 Å². The number of rotatable bonds is 1. The summed E-state index contributed by atoms with van der Waals surface area (Å²) in [6.07, 6.45) is 1.37. The Bertz CT molecular complexity index is 501. The summed E-state index contributed by atoms with van der Waals surface area (Å²) in [6.45, 7) is 2.50. The first-order chi connectivity index (χ1) is 6.24. The summed E-state index contributed by atoms with van der Waals surface area (Å²) in [5.74, 6) is 0.374. The summed E-state index contributed by atoms with van der Waals surface area (Å²) in [5, 5.41) is 0. The van der Waals surface area contributed by atoms with E-state index in [-0.39, 0.29) is 4.87 Å². The first kappa shape index (κ1) is 8.18. The van der Waals surface area contributed by atoms with Gasteiger partial charge in [0.2, 0.25) is 0 Å². The maximum atomic E-state index is 11.4. The first-order valence-electron chi connectivity index (χ1n) is 3.84. The van der Waals surface area contributed by atoms with Crippen LogP contribution in [-0.4, -0.2) is 14.5 Å². The molecule has 68 valence electrons. The van der Waals surface area contributed by atoms with E-state index in [4.69, 9.17) is 5.73 Å². The molecule has 0 saturated carbocycles. The predicted octanol–water partition coefficient (Wildman–Crippen LogP) is 0.455. The van der Waals surface area contributed by atoms with Crippen LogP contribution in [0.15, 0.2) is 11.1 Å². The normalized spacial score (nSPS) is 10.8. The third-order valence-electron chi connectivity index (χ3n) is 1.79. The molecule has 2 aromatic rings. The largest absolute Gasteiger partial charge is 0.382 e. The minimum Gasteiger partial charge on any atom is -0.382 e. The number of hydrogen-bond acceptors (Lipinski definition) is 5. The molecule has 0 unspecified atom stereocenters. The fourth-order valence-electron chi connectivity index (χ4n) is 1.18. The minimum atomic E-state index is -0.0373. The van der Waals surface area contributed by atoms with Crippen molar-refractivity contribution in [3.63, 3.8) is 0 Å². The highest BCUT2D eigenvalue weighted by atomic mass is 32.1. The molecule has 0 saturated heterocycles. The summed E-state index contributed by atoms with van der Waals surface area (Å²) >= 11 is 1.09. The standard InChI is InChI=1S/C7H8N4OS/c1-2-11-6-4(13-7(11)12)5(8)9-3-10-6/h3H,2H2,1H3,(H2,8,9,10). The molecule has 2 heterocycles. The van der Waals surface area contributed by atoms with Crippen molar-refractivity contribution in [2.45, 2.75) is 13.5 Å². The van der Waals surface area contributed by atoms with Crippen LogP contribution in [0.4, 0.5) is 5.82 Å². The molecule has 2 aromatic heterocycles. The molecule has 5 nitrogen and oxygen atoms in total. The van der Waals surface area contributed by atoms with E-state index in [0.29, 0.717) is 22.7 Å². The zero-order valence-corrected chi connectivity index (χ0v) is 7.84. The highest BCUT2D eigenvalue weighted by Crippen LogP contribution is 2.18. The van der Waals surface area contributed by atoms with Gasteiger partial charge in [0.25, 0.3) is 0 Å². The fraction of sp³-hybridized carbons (Fsp3) is 0.286. The van der Waals surface area contributed by atoms with E-state index in [1.54, 1.807) is 4.57 Å². The van der Waals surface area contributed by atoms with Crippen LogP contribution in [0.3, 0.4) is 0 Å². The minimum absolute atomic E-state index is 0.0373. The Morgan fingerprint density at radius 2 is 2.38 bits per heavy atom. The van der Waals surface area contributed by atoms with E-state index >= 15 is 0 Å². The van der Waals surface area contributed by atoms with Crippen molar-refractivity contribution in [2.24, 2.45) is 0 Å². The molecular weight excluding hydrogens is 188 g/mol. The Balaban J connectivity index is 2.94. The second-order valence-electron chi connectivity index (χ2n) is 2.52. The van der Waals surface area contributed by atoms with Gasteiger partial charge in [0.05, 0.1) is 0 Å². The first-order valence-corrected chi connectivity index (χ1v) is 4.65. The van der Waals surface area contributed by atoms with Gasteiger partial charge in [0.15, 0.2) is 5.65 Å². The van der Waals surface area contributed by atoms with Gasteiger partial charge in [0.1, 0.15) is 16.8 Å². The van der Waals surface area contributed by atoms with Crippen LogP contribution in [0, 0.1) is 0 Å². The van der Waals surface area contributed by atoms with E-state index in [9.17, 15) is 4.79 Å². The van der Waals surface area contributed by atoms with Crippen molar-refractivity contribution < 1.29 is 0 Å². The van der Waals surface area contributed by atoms with E-state index in [1.165, 1.54) is 6.33 Å². The quantitative estimate of drug-likeness (QED) is 0.718. The number of nitrogens with zero attached hydrogens (tertiary/aromatic N) is 3. The van der Waals surface area contributed by atoms with Gasteiger partial charge in [-0.15, -0.1) is 0 Å². The number of aryl methyl sites for hydroxylation is 1. The Labute approximate surface area is 77.9 Å². The lowest BCUT2D eigenvalue weighted by atomic mass is 10.5. The molecule has 0 aliphatic carbocycles. The zero-order valence-electron chi connectivity index (χ0n) is 7.02. The lowest BCUT2D eigenvalue weighted by Gasteiger charge is -1.96. The maximum Gasteiger partial charge on any atom is 0.309 e. The Kier molecular flexibility index (Phi) is 1.77. The average molecular weight is 196 g/mol. The third-order valence-corrected chi connectivity index (χ3v) is 2.79. The van der Waals surface area contributed by atoms with Crippen molar-refractivity contribution in [3.8, 4) is 0 Å². The molecule has 6 heteroatoms. The van der Waals surface area contributed by atoms with Crippen LogP contribution in [0.5, 0.6) is 0 Å². The zero-order chi connectivity index (χ0) is 9.42. The number of fused-ring (bicyclic) bond motifs is 1. The molecule has 0 bridgehead atoms. The molecule has 0 atom stereocenters. The molecule has 0 amide bonds. The van der Waals surface area contributed by atoms with Gasteiger partial charge in [0, 0.05) is 6.54 Å². The average Bonchev–Trinajstić information content (AvgIpc) is 2.43. The number of nitrogens with two attached hydrogens (primary N) is 1. The number of aromatic nitrogens is 3. The monoisotopic (exact) mass is 196 g/mol. The maximum absolute atomic E-state index is 11.4.